The number of hydrogen-bond acceptors (Lipinski definition) is 8. The molecule has 4 N–H and O–H groups in total. The predicted octanol–water partition coefficient (Wildman–Crippen LogP) is 2.75. The van der Waals surface area contributed by atoms with E-state index in [0.29, 0.717) is 34.8 Å². The maximum Gasteiger partial charge on any atom is 0.164 e. The molecule has 0 bridgehead atoms. The molecule has 1 saturated carbocycles. The van der Waals surface area contributed by atoms with E-state index >= 15 is 0 Å². The van der Waals surface area contributed by atoms with E-state index in [1.807, 2.05) is 25.1 Å². The van der Waals surface area contributed by atoms with E-state index in [0.717, 1.165) is 16.5 Å². The van der Waals surface area contributed by atoms with Crippen molar-refractivity contribution in [1.82, 2.24) is 19.5 Å². The van der Waals surface area contributed by atoms with Crippen LogP contribution in [0.4, 0.5) is 5.82 Å². The minimum atomic E-state index is -1.43. The van der Waals surface area contributed by atoms with Gasteiger partial charge in [-0.3, -0.25) is 0 Å². The molecule has 0 spiro atoms. The highest BCUT2D eigenvalue weighted by molar-refractivity contribution is 6.33. The first-order valence-corrected chi connectivity index (χ1v) is 11.1. The second-order valence-corrected chi connectivity index (χ2v) is 9.11. The summed E-state index contributed by atoms with van der Waals surface area (Å²) in [5, 5.41) is 24.5. The second-order valence-electron chi connectivity index (χ2n) is 8.71. The minimum absolute atomic E-state index is 0.250. The number of nitrogen functional groups attached to an aromatic ring is 1. The van der Waals surface area contributed by atoms with Crippen LogP contribution in [0.1, 0.15) is 24.8 Å². The smallest absolute Gasteiger partial charge is 0.164 e. The maximum absolute atomic E-state index is 11.3. The molecular formula is C23H22ClN5O4. The molecule has 4 heterocycles. The van der Waals surface area contributed by atoms with Crippen LogP contribution in [-0.4, -0.2) is 53.6 Å². The Morgan fingerprint density at radius 1 is 1.27 bits per heavy atom. The highest BCUT2D eigenvalue weighted by Crippen LogP contribution is 2.48. The van der Waals surface area contributed by atoms with Crippen molar-refractivity contribution in [3.8, 4) is 5.75 Å². The zero-order valence-electron chi connectivity index (χ0n) is 17.7. The number of aliphatic hydroxyl groups is 2. The van der Waals surface area contributed by atoms with E-state index in [9.17, 15) is 10.2 Å². The lowest BCUT2D eigenvalue weighted by Crippen LogP contribution is -2.47. The first kappa shape index (κ1) is 20.6. The summed E-state index contributed by atoms with van der Waals surface area (Å²) in [4.78, 5) is 12.9. The SMILES string of the molecule is Cc1ncnc2c1ccn2[C@@H]1O[C@@H]2[C@@H](Oc3ccc4cc(Cl)c(N)nc4c3)CC[C@]2(O)[C@H]1O. The molecule has 1 aliphatic carbocycles. The first-order chi connectivity index (χ1) is 15.8. The molecule has 1 aromatic carbocycles. The third-order valence-corrected chi connectivity index (χ3v) is 7.07. The molecule has 0 amide bonds. The first-order valence-electron chi connectivity index (χ1n) is 10.7. The molecule has 3 aromatic heterocycles. The zero-order chi connectivity index (χ0) is 22.9. The quantitative estimate of drug-likeness (QED) is 0.419. The number of anilines is 1. The van der Waals surface area contributed by atoms with E-state index < -0.39 is 30.1 Å². The van der Waals surface area contributed by atoms with Gasteiger partial charge in [0.25, 0.3) is 0 Å². The Labute approximate surface area is 193 Å². The summed E-state index contributed by atoms with van der Waals surface area (Å²) in [6.07, 6.45) is 1.07. The van der Waals surface area contributed by atoms with Crippen LogP contribution in [0, 0.1) is 6.92 Å². The number of hydrogen-bond donors (Lipinski definition) is 3. The summed E-state index contributed by atoms with van der Waals surface area (Å²) in [7, 11) is 0. The molecule has 1 saturated heterocycles. The van der Waals surface area contributed by atoms with Crippen molar-refractivity contribution in [2.45, 2.75) is 49.9 Å². The lowest BCUT2D eigenvalue weighted by molar-refractivity contribution is -0.0791. The number of nitrogens with two attached hydrogens (primary N) is 1. The normalized spacial score (nSPS) is 29.1. The molecule has 33 heavy (non-hydrogen) atoms. The topological polar surface area (TPSA) is 129 Å². The fraction of sp³-hybridized carbons (Fsp3) is 0.348. The number of benzene rings is 1. The fourth-order valence-corrected chi connectivity index (χ4v) is 5.17. The number of rotatable bonds is 3. The highest BCUT2D eigenvalue weighted by atomic mass is 35.5. The van der Waals surface area contributed by atoms with Crippen LogP contribution >= 0.6 is 11.6 Å². The summed E-state index contributed by atoms with van der Waals surface area (Å²) >= 11 is 6.06. The van der Waals surface area contributed by atoms with Crippen molar-refractivity contribution in [2.24, 2.45) is 0 Å². The van der Waals surface area contributed by atoms with E-state index in [2.05, 4.69) is 15.0 Å². The molecule has 6 rings (SSSR count). The second kappa shape index (κ2) is 7.26. The largest absolute Gasteiger partial charge is 0.488 e. The molecule has 9 nitrogen and oxygen atoms in total. The lowest BCUT2D eigenvalue weighted by Gasteiger charge is -2.26. The highest BCUT2D eigenvalue weighted by Gasteiger charge is 2.62. The van der Waals surface area contributed by atoms with Crippen LogP contribution in [0.25, 0.3) is 21.9 Å². The van der Waals surface area contributed by atoms with Crippen molar-refractivity contribution in [2.75, 3.05) is 5.73 Å². The number of aliphatic hydroxyl groups excluding tert-OH is 1. The Bertz CT molecular complexity index is 1390. The van der Waals surface area contributed by atoms with Crippen molar-refractivity contribution >= 4 is 39.4 Å². The molecule has 170 valence electrons. The van der Waals surface area contributed by atoms with Gasteiger partial charge in [0.15, 0.2) is 6.23 Å². The molecule has 10 heteroatoms. The van der Waals surface area contributed by atoms with Gasteiger partial charge in [-0.05, 0) is 44.0 Å². The van der Waals surface area contributed by atoms with Crippen LogP contribution in [0.15, 0.2) is 42.9 Å². The summed E-state index contributed by atoms with van der Waals surface area (Å²) < 4.78 is 14.2. The van der Waals surface area contributed by atoms with E-state index in [1.54, 1.807) is 22.9 Å². The number of pyridine rings is 1. The Kier molecular flexibility index (Phi) is 4.54. The predicted molar refractivity (Wildman–Crippen MR) is 122 cm³/mol. The third-order valence-electron chi connectivity index (χ3n) is 6.77. The minimum Gasteiger partial charge on any atom is -0.488 e. The number of ether oxygens (including phenoxy) is 2. The van der Waals surface area contributed by atoms with Gasteiger partial charge < -0.3 is 30.0 Å². The fourth-order valence-electron chi connectivity index (χ4n) is 5.01. The Hall–Kier alpha value is -2.98. The summed E-state index contributed by atoms with van der Waals surface area (Å²) in [5.41, 5.74) is 6.54. The third kappa shape index (κ3) is 3.07. The van der Waals surface area contributed by atoms with E-state index in [4.69, 9.17) is 26.8 Å². The van der Waals surface area contributed by atoms with Gasteiger partial charge in [0, 0.05) is 23.0 Å². The molecule has 0 unspecified atom stereocenters. The van der Waals surface area contributed by atoms with Crippen LogP contribution in [0.3, 0.4) is 0 Å². The Morgan fingerprint density at radius 3 is 2.97 bits per heavy atom. The van der Waals surface area contributed by atoms with Gasteiger partial charge in [0.05, 0.1) is 16.2 Å². The molecule has 1 aliphatic heterocycles. The van der Waals surface area contributed by atoms with Crippen LogP contribution in [-0.2, 0) is 4.74 Å². The summed E-state index contributed by atoms with van der Waals surface area (Å²) in [5.74, 6) is 0.821. The average molecular weight is 468 g/mol. The zero-order valence-corrected chi connectivity index (χ0v) is 18.5. The van der Waals surface area contributed by atoms with Crippen molar-refractivity contribution in [3.63, 3.8) is 0 Å². The number of aromatic nitrogens is 4. The van der Waals surface area contributed by atoms with Gasteiger partial charge in [-0.25, -0.2) is 15.0 Å². The summed E-state index contributed by atoms with van der Waals surface area (Å²) in [6.45, 7) is 1.90. The Balaban J connectivity index is 1.29. The van der Waals surface area contributed by atoms with Crippen molar-refractivity contribution < 1.29 is 19.7 Å². The molecule has 0 radical (unpaired) electrons. The molecule has 4 aromatic rings. The van der Waals surface area contributed by atoms with Crippen molar-refractivity contribution in [3.05, 3.63) is 53.6 Å². The van der Waals surface area contributed by atoms with E-state index in [-0.39, 0.29) is 5.82 Å². The Morgan fingerprint density at radius 2 is 2.12 bits per heavy atom. The molecule has 2 aliphatic rings. The lowest BCUT2D eigenvalue weighted by atomic mass is 9.94. The molecule has 2 fully saturated rings. The number of fused-ring (bicyclic) bond motifs is 3. The van der Waals surface area contributed by atoms with Crippen LogP contribution in [0.2, 0.25) is 5.02 Å². The molecule has 5 atom stereocenters. The van der Waals surface area contributed by atoms with E-state index in [1.165, 1.54) is 6.33 Å². The summed E-state index contributed by atoms with van der Waals surface area (Å²) in [6, 6.07) is 9.08. The number of halogens is 1. The number of aryl methyl sites for hydroxylation is 1. The van der Waals surface area contributed by atoms with Gasteiger partial charge in [0.2, 0.25) is 0 Å². The van der Waals surface area contributed by atoms with Gasteiger partial charge in [-0.15, -0.1) is 0 Å². The standard InChI is InChI=1S/C23H22ClN5O4/c1-11-14-5-7-29(21(14)27-10-26-11)22-18(30)23(31)6-4-17(19(23)33-22)32-13-3-2-12-8-15(24)20(25)28-16(12)9-13/h2-3,5,7-10,17-19,22,30-31H,4,6H2,1H3,(H2,25,28)/t17-,18-,19+,22+,23-/m0/s1. The number of nitrogens with zero attached hydrogens (tertiary/aromatic N) is 4. The van der Waals surface area contributed by atoms with Crippen LogP contribution < -0.4 is 10.5 Å². The average Bonchev–Trinajstić information content (AvgIpc) is 3.42. The van der Waals surface area contributed by atoms with Gasteiger partial charge >= 0.3 is 0 Å². The van der Waals surface area contributed by atoms with Crippen molar-refractivity contribution in [1.29, 1.82) is 0 Å². The maximum atomic E-state index is 11.3. The van der Waals surface area contributed by atoms with Gasteiger partial charge in [-0.1, -0.05) is 11.6 Å². The van der Waals surface area contributed by atoms with Gasteiger partial charge in [0.1, 0.15) is 47.5 Å². The van der Waals surface area contributed by atoms with Crippen LogP contribution in [0.5, 0.6) is 5.75 Å². The van der Waals surface area contributed by atoms with Gasteiger partial charge in [-0.2, -0.15) is 0 Å². The molecular weight excluding hydrogens is 446 g/mol. The monoisotopic (exact) mass is 467 g/mol.